The first-order valence-electron chi connectivity index (χ1n) is 7.16. The Balaban J connectivity index is 0.000000328. The number of carboxylic acid groups (broad SMARTS) is 1. The highest BCUT2D eigenvalue weighted by atomic mass is 16.5. The van der Waals surface area contributed by atoms with Crippen LogP contribution in [0, 0.1) is 5.92 Å². The molecule has 1 saturated carbocycles. The molecule has 0 aromatic heterocycles. The monoisotopic (exact) mass is 278 g/mol. The van der Waals surface area contributed by atoms with Crippen LogP contribution >= 0.6 is 0 Å². The van der Waals surface area contributed by atoms with Crippen molar-refractivity contribution in [3.63, 3.8) is 0 Å². The zero-order valence-electron chi connectivity index (χ0n) is 11.8. The molecule has 0 radical (unpaired) electrons. The van der Waals surface area contributed by atoms with Crippen molar-refractivity contribution in [1.82, 2.24) is 0 Å². The predicted octanol–water partition coefficient (Wildman–Crippen LogP) is 2.59. The summed E-state index contributed by atoms with van der Waals surface area (Å²) in [7, 11) is 0. The number of rotatable bonds is 2. The van der Waals surface area contributed by atoms with Gasteiger partial charge in [0.05, 0.1) is 6.61 Å². The normalized spacial score (nSPS) is 23.5. The van der Waals surface area contributed by atoms with Gasteiger partial charge in [-0.15, -0.1) is 0 Å². The van der Waals surface area contributed by atoms with Crippen molar-refractivity contribution >= 4 is 5.97 Å². The molecule has 2 aliphatic rings. The number of hydrogen-bond acceptors (Lipinski definition) is 3. The summed E-state index contributed by atoms with van der Waals surface area (Å²) in [6, 6.07) is 6.68. The topological polar surface area (TPSA) is 66.8 Å². The van der Waals surface area contributed by atoms with Gasteiger partial charge in [-0.3, -0.25) is 4.79 Å². The molecule has 110 valence electrons. The summed E-state index contributed by atoms with van der Waals surface area (Å²) < 4.78 is 5.60. The minimum Gasteiger partial charge on any atom is -0.493 e. The first-order chi connectivity index (χ1) is 9.60. The molecule has 2 unspecified atom stereocenters. The number of aliphatic hydroxyl groups excluding tert-OH is 1. The van der Waals surface area contributed by atoms with Gasteiger partial charge in [0.25, 0.3) is 5.97 Å². The van der Waals surface area contributed by atoms with Gasteiger partial charge in [0, 0.05) is 20.0 Å². The number of aliphatic carboxylic acids is 1. The molecule has 1 aromatic carbocycles. The van der Waals surface area contributed by atoms with Crippen molar-refractivity contribution in [1.29, 1.82) is 0 Å². The number of ether oxygens (including phenoxy) is 1. The largest absolute Gasteiger partial charge is 0.493 e. The highest BCUT2D eigenvalue weighted by molar-refractivity contribution is 5.62. The van der Waals surface area contributed by atoms with Crippen molar-refractivity contribution in [3.05, 3.63) is 29.3 Å². The predicted molar refractivity (Wildman–Crippen MR) is 76.1 cm³/mol. The van der Waals surface area contributed by atoms with Crippen molar-refractivity contribution < 1.29 is 19.7 Å². The van der Waals surface area contributed by atoms with E-state index >= 15 is 0 Å². The zero-order valence-corrected chi connectivity index (χ0v) is 11.8. The van der Waals surface area contributed by atoms with Crippen LogP contribution in [0.3, 0.4) is 0 Å². The first-order valence-corrected chi connectivity index (χ1v) is 7.16. The van der Waals surface area contributed by atoms with E-state index in [0.717, 1.165) is 32.1 Å². The van der Waals surface area contributed by atoms with E-state index in [9.17, 15) is 0 Å². The van der Waals surface area contributed by atoms with Crippen LogP contribution < -0.4 is 4.74 Å². The number of carboxylic acids is 1. The van der Waals surface area contributed by atoms with Crippen LogP contribution in [0.5, 0.6) is 5.75 Å². The Morgan fingerprint density at radius 3 is 2.80 bits per heavy atom. The smallest absolute Gasteiger partial charge is 0.300 e. The van der Waals surface area contributed by atoms with Gasteiger partial charge >= 0.3 is 0 Å². The van der Waals surface area contributed by atoms with E-state index in [4.69, 9.17) is 19.7 Å². The van der Waals surface area contributed by atoms with Gasteiger partial charge in [0.2, 0.25) is 0 Å². The molecule has 1 fully saturated rings. The third kappa shape index (κ3) is 3.73. The lowest BCUT2D eigenvalue weighted by atomic mass is 9.95. The molecular formula is C16H22O4. The summed E-state index contributed by atoms with van der Waals surface area (Å²) in [6.45, 7) is 2.26. The van der Waals surface area contributed by atoms with E-state index in [1.807, 2.05) is 0 Å². The Kier molecular flexibility index (Phi) is 5.01. The first kappa shape index (κ1) is 14.9. The molecular weight excluding hydrogens is 256 g/mol. The van der Waals surface area contributed by atoms with E-state index in [0.29, 0.717) is 18.4 Å². The third-order valence-electron chi connectivity index (χ3n) is 3.99. The second-order valence-corrected chi connectivity index (χ2v) is 5.54. The van der Waals surface area contributed by atoms with Gasteiger partial charge in [-0.1, -0.05) is 12.1 Å². The van der Waals surface area contributed by atoms with E-state index < -0.39 is 5.97 Å². The van der Waals surface area contributed by atoms with Crippen LogP contribution in [0.1, 0.15) is 43.2 Å². The number of aliphatic hydroxyl groups is 1. The number of fused-ring (bicyclic) bond motifs is 1. The zero-order chi connectivity index (χ0) is 14.5. The lowest BCUT2D eigenvalue weighted by molar-refractivity contribution is -0.134. The Bertz CT molecular complexity index is 466. The molecule has 3 rings (SSSR count). The maximum atomic E-state index is 9.16. The minimum absolute atomic E-state index is 0.345. The lowest BCUT2D eigenvalue weighted by Gasteiger charge is -2.11. The molecule has 2 N–H and O–H groups in total. The van der Waals surface area contributed by atoms with Crippen LogP contribution in [0.2, 0.25) is 0 Å². The molecule has 0 bridgehead atoms. The second-order valence-electron chi connectivity index (χ2n) is 5.54. The second kappa shape index (κ2) is 6.75. The maximum Gasteiger partial charge on any atom is 0.300 e. The summed E-state index contributed by atoms with van der Waals surface area (Å²) in [5, 5.41) is 16.6. The van der Waals surface area contributed by atoms with Gasteiger partial charge < -0.3 is 14.9 Å². The molecule has 0 spiro atoms. The molecule has 1 aromatic rings. The fraction of sp³-hybridized carbons (Fsp3) is 0.562. The average Bonchev–Trinajstić information content (AvgIpc) is 3.06. The highest BCUT2D eigenvalue weighted by Gasteiger charge is 2.26. The van der Waals surface area contributed by atoms with Crippen LogP contribution in [0.25, 0.3) is 0 Å². The molecule has 0 amide bonds. The Hall–Kier alpha value is -1.55. The number of hydrogen-bond donors (Lipinski definition) is 2. The minimum atomic E-state index is -0.833. The molecule has 20 heavy (non-hydrogen) atoms. The quantitative estimate of drug-likeness (QED) is 0.872. The van der Waals surface area contributed by atoms with Gasteiger partial charge in [-0.2, -0.15) is 0 Å². The average molecular weight is 278 g/mol. The molecule has 1 aliphatic heterocycles. The SMILES string of the molecule is CC(=O)O.OCC1CCC(c2ccc3c(c2)OCC3)C1. The molecule has 1 aliphatic carbocycles. The van der Waals surface area contributed by atoms with Crippen molar-refractivity contribution in [2.75, 3.05) is 13.2 Å². The molecule has 4 nitrogen and oxygen atoms in total. The lowest BCUT2D eigenvalue weighted by Crippen LogP contribution is -2.00. The summed E-state index contributed by atoms with van der Waals surface area (Å²) in [4.78, 5) is 9.00. The summed E-state index contributed by atoms with van der Waals surface area (Å²) in [5.41, 5.74) is 2.75. The van der Waals surface area contributed by atoms with Crippen molar-refractivity contribution in [2.45, 2.75) is 38.5 Å². The Labute approximate surface area is 119 Å². The third-order valence-corrected chi connectivity index (χ3v) is 3.99. The number of carbonyl (C=O) groups is 1. The van der Waals surface area contributed by atoms with E-state index in [1.165, 1.54) is 24.0 Å². The molecule has 4 heteroatoms. The Morgan fingerprint density at radius 2 is 2.15 bits per heavy atom. The van der Waals surface area contributed by atoms with Gasteiger partial charge in [-0.25, -0.2) is 0 Å². The number of benzene rings is 1. The van der Waals surface area contributed by atoms with Gasteiger partial charge in [-0.05, 0) is 48.3 Å². The van der Waals surface area contributed by atoms with Crippen LogP contribution in [-0.4, -0.2) is 29.4 Å². The molecule has 1 heterocycles. The summed E-state index contributed by atoms with van der Waals surface area (Å²) in [5.74, 6) is 1.40. The van der Waals surface area contributed by atoms with Crippen LogP contribution in [0.4, 0.5) is 0 Å². The van der Waals surface area contributed by atoms with Crippen LogP contribution in [0.15, 0.2) is 18.2 Å². The fourth-order valence-corrected chi connectivity index (χ4v) is 2.98. The molecule has 0 saturated heterocycles. The van der Waals surface area contributed by atoms with E-state index in [2.05, 4.69) is 18.2 Å². The Morgan fingerprint density at radius 1 is 1.40 bits per heavy atom. The van der Waals surface area contributed by atoms with Crippen molar-refractivity contribution in [3.8, 4) is 5.75 Å². The standard InChI is InChI=1S/C14H18O2.C2H4O2/c15-9-10-1-2-12(7-10)13-4-3-11-5-6-16-14(11)8-13;1-2(3)4/h3-4,8,10,12,15H,1-2,5-7,9H2;1H3,(H,3,4). The van der Waals surface area contributed by atoms with Gasteiger partial charge in [0.15, 0.2) is 0 Å². The fourth-order valence-electron chi connectivity index (χ4n) is 2.98. The summed E-state index contributed by atoms with van der Waals surface area (Å²) in [6.07, 6.45) is 4.57. The van der Waals surface area contributed by atoms with E-state index in [1.54, 1.807) is 0 Å². The maximum absolute atomic E-state index is 9.16. The van der Waals surface area contributed by atoms with Gasteiger partial charge in [0.1, 0.15) is 5.75 Å². The van der Waals surface area contributed by atoms with Crippen molar-refractivity contribution in [2.24, 2.45) is 5.92 Å². The van der Waals surface area contributed by atoms with E-state index in [-0.39, 0.29) is 0 Å². The van der Waals surface area contributed by atoms with Crippen LogP contribution in [-0.2, 0) is 11.2 Å². The highest BCUT2D eigenvalue weighted by Crippen LogP contribution is 2.40. The summed E-state index contributed by atoms with van der Waals surface area (Å²) >= 11 is 0. The molecule has 2 atom stereocenters.